The highest BCUT2D eigenvalue weighted by molar-refractivity contribution is 5.13. The third kappa shape index (κ3) is 2.56. The third-order valence-corrected chi connectivity index (χ3v) is 9.71. The van der Waals surface area contributed by atoms with Crippen LogP contribution in [0.3, 0.4) is 0 Å². The lowest BCUT2D eigenvalue weighted by Gasteiger charge is -2.61. The molecule has 4 rings (SSSR count). The van der Waals surface area contributed by atoms with Gasteiger partial charge < -0.3 is 15.3 Å². The van der Waals surface area contributed by atoms with E-state index in [0.717, 1.165) is 50.4 Å². The van der Waals surface area contributed by atoms with E-state index in [1.165, 1.54) is 32.1 Å². The smallest absolute Gasteiger partial charge is 0.0704 e. The van der Waals surface area contributed by atoms with E-state index in [1.54, 1.807) is 0 Å². The van der Waals surface area contributed by atoms with Crippen LogP contribution in [-0.4, -0.2) is 33.6 Å². The summed E-state index contributed by atoms with van der Waals surface area (Å²) >= 11 is 0. The first kappa shape index (κ1) is 18.3. The summed E-state index contributed by atoms with van der Waals surface area (Å²) in [5, 5.41) is 30.9. The molecule has 0 aliphatic heterocycles. The van der Waals surface area contributed by atoms with Crippen LogP contribution in [-0.2, 0) is 0 Å². The molecule has 144 valence electrons. The van der Waals surface area contributed by atoms with Gasteiger partial charge in [-0.3, -0.25) is 0 Å². The molecule has 4 fully saturated rings. The molecule has 3 nitrogen and oxygen atoms in total. The van der Waals surface area contributed by atoms with E-state index in [1.807, 2.05) is 0 Å². The molecule has 0 aromatic heterocycles. The van der Waals surface area contributed by atoms with Crippen molar-refractivity contribution in [1.29, 1.82) is 0 Å². The van der Waals surface area contributed by atoms with Crippen LogP contribution in [0.2, 0.25) is 0 Å². The molecule has 0 amide bonds. The lowest BCUT2D eigenvalue weighted by molar-refractivity contribution is -0.160. The Kier molecular flexibility index (Phi) is 4.53. The van der Waals surface area contributed by atoms with Crippen LogP contribution in [0.15, 0.2) is 0 Å². The van der Waals surface area contributed by atoms with Crippen molar-refractivity contribution in [2.75, 3.05) is 6.61 Å². The zero-order valence-electron chi connectivity index (χ0n) is 16.2. The molecule has 0 saturated heterocycles. The predicted molar refractivity (Wildman–Crippen MR) is 99.0 cm³/mol. The largest absolute Gasteiger partial charge is 0.396 e. The Bertz CT molecular complexity index is 508. The normalized spacial score (nSPS) is 55.3. The van der Waals surface area contributed by atoms with E-state index < -0.39 is 5.60 Å². The van der Waals surface area contributed by atoms with Crippen LogP contribution in [0, 0.1) is 34.5 Å². The minimum atomic E-state index is -0.564. The molecule has 4 aliphatic carbocycles. The summed E-state index contributed by atoms with van der Waals surface area (Å²) in [6.45, 7) is 5.07. The van der Waals surface area contributed by atoms with E-state index in [-0.39, 0.29) is 18.1 Å². The van der Waals surface area contributed by atoms with Crippen molar-refractivity contribution in [3.8, 4) is 0 Å². The van der Waals surface area contributed by atoms with Gasteiger partial charge in [-0.05, 0) is 105 Å². The predicted octanol–water partition coefficient (Wildman–Crippen LogP) is 3.89. The summed E-state index contributed by atoms with van der Waals surface area (Å²) in [5.74, 6) is 2.91. The summed E-state index contributed by atoms with van der Waals surface area (Å²) in [7, 11) is 0. The Hall–Kier alpha value is -0.120. The van der Waals surface area contributed by atoms with Crippen LogP contribution < -0.4 is 0 Å². The summed E-state index contributed by atoms with van der Waals surface area (Å²) in [4.78, 5) is 0. The van der Waals surface area contributed by atoms with Gasteiger partial charge >= 0.3 is 0 Å². The number of aliphatic hydroxyl groups excluding tert-OH is 2. The van der Waals surface area contributed by atoms with Gasteiger partial charge in [0.05, 0.1) is 11.7 Å². The molecular weight excluding hydrogens is 312 g/mol. The van der Waals surface area contributed by atoms with Gasteiger partial charge in [0.25, 0.3) is 0 Å². The van der Waals surface area contributed by atoms with E-state index >= 15 is 0 Å². The van der Waals surface area contributed by atoms with Crippen LogP contribution in [0.5, 0.6) is 0 Å². The fourth-order valence-electron chi connectivity index (χ4n) is 8.13. The Morgan fingerprint density at radius 2 is 1.68 bits per heavy atom. The first-order chi connectivity index (χ1) is 11.8. The quantitative estimate of drug-likeness (QED) is 0.723. The first-order valence-corrected chi connectivity index (χ1v) is 10.9. The number of aliphatic hydroxyl groups is 3. The maximum atomic E-state index is 11.5. The van der Waals surface area contributed by atoms with Gasteiger partial charge in [0.15, 0.2) is 0 Å². The Morgan fingerprint density at radius 3 is 2.44 bits per heavy atom. The van der Waals surface area contributed by atoms with Crippen molar-refractivity contribution < 1.29 is 15.3 Å². The molecule has 3 heteroatoms. The van der Waals surface area contributed by atoms with Gasteiger partial charge in [-0.1, -0.05) is 13.8 Å². The average Bonchev–Trinajstić information content (AvgIpc) is 2.85. The van der Waals surface area contributed by atoms with E-state index in [4.69, 9.17) is 0 Å². The monoisotopic (exact) mass is 350 g/mol. The Labute approximate surface area is 153 Å². The first-order valence-electron chi connectivity index (χ1n) is 10.9. The highest BCUT2D eigenvalue weighted by Crippen LogP contribution is 2.68. The maximum absolute atomic E-state index is 11.5. The van der Waals surface area contributed by atoms with Gasteiger partial charge in [-0.2, -0.15) is 0 Å². The van der Waals surface area contributed by atoms with Gasteiger partial charge in [0, 0.05) is 6.61 Å². The zero-order valence-corrected chi connectivity index (χ0v) is 16.2. The van der Waals surface area contributed by atoms with Gasteiger partial charge in [0.1, 0.15) is 0 Å². The molecule has 4 saturated carbocycles. The number of fused-ring (bicyclic) bond motifs is 5. The molecule has 0 aromatic carbocycles. The van der Waals surface area contributed by atoms with E-state index in [9.17, 15) is 15.3 Å². The number of hydrogen-bond acceptors (Lipinski definition) is 3. The van der Waals surface area contributed by atoms with Crippen LogP contribution >= 0.6 is 0 Å². The average molecular weight is 351 g/mol. The van der Waals surface area contributed by atoms with Gasteiger partial charge in [-0.15, -0.1) is 0 Å². The molecule has 4 aliphatic rings. The summed E-state index contributed by atoms with van der Waals surface area (Å²) in [5.41, 5.74) is -0.109. The highest BCUT2D eigenvalue weighted by atomic mass is 16.3. The van der Waals surface area contributed by atoms with Crippen molar-refractivity contribution in [2.24, 2.45) is 34.5 Å². The topological polar surface area (TPSA) is 60.7 Å². The molecular formula is C22H38O3. The molecule has 0 bridgehead atoms. The molecule has 0 spiro atoms. The van der Waals surface area contributed by atoms with Crippen molar-refractivity contribution in [3.63, 3.8) is 0 Å². The standard InChI is InChI=1S/C22H38O3/c1-20-10-6-16(24)14-15(20)4-5-17-18(20)7-11-21(2)19(17)8-12-22(21,25)9-3-13-23/h15-19,23-25H,3-14H2,1-2H3/t15?,16?,17-,18-,19+,20+,21+,22?/m1/s1. The summed E-state index contributed by atoms with van der Waals surface area (Å²) in [6.07, 6.45) is 11.7. The van der Waals surface area contributed by atoms with Gasteiger partial charge in [0.2, 0.25) is 0 Å². The minimum absolute atomic E-state index is 0.0424. The molecule has 3 N–H and O–H groups in total. The van der Waals surface area contributed by atoms with E-state index in [0.29, 0.717) is 17.3 Å². The van der Waals surface area contributed by atoms with Crippen molar-refractivity contribution in [3.05, 3.63) is 0 Å². The lowest BCUT2D eigenvalue weighted by atomic mass is 9.44. The SMILES string of the molecule is C[C@]12CCC(O)CC1CC[C@@H]1[C@H]2CC[C@@]2(C)[C@H]1CCC2(O)CCCO. The van der Waals surface area contributed by atoms with E-state index in [2.05, 4.69) is 13.8 Å². The fourth-order valence-corrected chi connectivity index (χ4v) is 8.13. The molecule has 3 unspecified atom stereocenters. The Morgan fingerprint density at radius 1 is 0.920 bits per heavy atom. The van der Waals surface area contributed by atoms with Crippen LogP contribution in [0.4, 0.5) is 0 Å². The molecule has 25 heavy (non-hydrogen) atoms. The summed E-state index contributed by atoms with van der Waals surface area (Å²) < 4.78 is 0. The van der Waals surface area contributed by atoms with Crippen molar-refractivity contribution in [2.45, 2.75) is 96.2 Å². The second-order valence-corrected chi connectivity index (χ2v) is 10.4. The summed E-state index contributed by atoms with van der Waals surface area (Å²) in [6, 6.07) is 0. The molecule has 0 heterocycles. The highest BCUT2D eigenvalue weighted by Gasteiger charge is 2.64. The van der Waals surface area contributed by atoms with Crippen molar-refractivity contribution >= 4 is 0 Å². The second kappa shape index (κ2) is 6.21. The second-order valence-electron chi connectivity index (χ2n) is 10.4. The minimum Gasteiger partial charge on any atom is -0.396 e. The van der Waals surface area contributed by atoms with Gasteiger partial charge in [-0.25, -0.2) is 0 Å². The number of hydrogen-bond donors (Lipinski definition) is 3. The molecule has 8 atom stereocenters. The lowest BCUT2D eigenvalue weighted by Crippen LogP contribution is -2.56. The maximum Gasteiger partial charge on any atom is 0.0704 e. The van der Waals surface area contributed by atoms with Crippen molar-refractivity contribution in [1.82, 2.24) is 0 Å². The van der Waals surface area contributed by atoms with Crippen LogP contribution in [0.1, 0.15) is 84.5 Å². The third-order valence-electron chi connectivity index (χ3n) is 9.71. The number of rotatable bonds is 3. The van der Waals surface area contributed by atoms with Crippen LogP contribution in [0.25, 0.3) is 0 Å². The fraction of sp³-hybridized carbons (Fsp3) is 1.00. The Balaban J connectivity index is 1.58. The zero-order chi connectivity index (χ0) is 17.9. The molecule has 0 aromatic rings. The molecule has 0 radical (unpaired) electrons.